The van der Waals surface area contributed by atoms with Gasteiger partial charge in [0.2, 0.25) is 6.41 Å². The summed E-state index contributed by atoms with van der Waals surface area (Å²) in [6.45, 7) is 3.96. The number of carbonyl (C=O) groups is 1. The smallest absolute Gasteiger partial charge is 0.276 e. The van der Waals surface area contributed by atoms with Crippen molar-refractivity contribution >= 4 is 44.4 Å². The molecule has 0 aliphatic carbocycles. The molecule has 3 heterocycles. The summed E-state index contributed by atoms with van der Waals surface area (Å²) < 4.78 is 45.9. The first-order chi connectivity index (χ1) is 20.0. The molecule has 3 aromatic heterocycles. The maximum atomic E-state index is 13.4. The van der Waals surface area contributed by atoms with Gasteiger partial charge in [0.15, 0.2) is 37.8 Å². The number of aliphatic hydroxyl groups is 1. The van der Waals surface area contributed by atoms with Crippen LogP contribution in [0.4, 0.5) is 27.4 Å². The zero-order valence-corrected chi connectivity index (χ0v) is 23.6. The maximum absolute atomic E-state index is 13.4. The Bertz CT molecular complexity index is 1870. The minimum absolute atomic E-state index is 0.138. The third-order valence-corrected chi connectivity index (χ3v) is 7.09. The number of nitrogens with one attached hydrogen (secondary N) is 3. The van der Waals surface area contributed by atoms with Crippen LogP contribution in [0.3, 0.4) is 0 Å². The van der Waals surface area contributed by atoms with Gasteiger partial charge in [-0.1, -0.05) is 6.07 Å². The number of fused-ring (bicyclic) bond motifs is 1. The first-order valence-corrected chi connectivity index (χ1v) is 14.6. The fraction of sp³-hybridized carbons (Fsp3) is 0.185. The number of halogens is 1. The van der Waals surface area contributed by atoms with Crippen molar-refractivity contribution in [3.63, 3.8) is 0 Å². The number of anilines is 4. The lowest BCUT2D eigenvalue weighted by molar-refractivity contribution is -0.0732. The quantitative estimate of drug-likeness (QED) is 0.176. The second-order valence-corrected chi connectivity index (χ2v) is 11.2. The van der Waals surface area contributed by atoms with E-state index in [-0.39, 0.29) is 16.4 Å². The summed E-state index contributed by atoms with van der Waals surface area (Å²) in [4.78, 5) is 17.4. The molecule has 5 rings (SSSR count). The van der Waals surface area contributed by atoms with E-state index < -0.39 is 28.0 Å². The molecule has 5 aromatic rings. The molecule has 0 radical (unpaired) electrons. The molecule has 0 fully saturated rings. The summed E-state index contributed by atoms with van der Waals surface area (Å²) in [6, 6.07) is 14.9. The summed E-state index contributed by atoms with van der Waals surface area (Å²) in [5.74, 6) is -0.266. The Kier molecular flexibility index (Phi) is 7.89. The number of rotatable bonds is 10. The number of amides is 1. The van der Waals surface area contributed by atoms with E-state index in [1.54, 1.807) is 43.5 Å². The molecule has 2 aromatic carbocycles. The van der Waals surface area contributed by atoms with Crippen LogP contribution < -0.4 is 16.0 Å². The molecule has 218 valence electrons. The number of benzene rings is 2. The summed E-state index contributed by atoms with van der Waals surface area (Å²) in [5, 5.41) is 26.9. The van der Waals surface area contributed by atoms with E-state index in [4.69, 9.17) is 4.74 Å². The molecule has 0 spiro atoms. The molecule has 0 aliphatic rings. The van der Waals surface area contributed by atoms with Gasteiger partial charge in [-0.2, -0.15) is 5.10 Å². The number of aliphatic hydroxyl groups excluding tert-OH is 1. The molecular formula is C27H27FN8O5S. The highest BCUT2D eigenvalue weighted by atomic mass is 32.2. The molecular weight excluding hydrogens is 567 g/mol. The number of nitrogens with zero attached hydrogens (tertiary/aromatic N) is 5. The highest BCUT2D eigenvalue weighted by Gasteiger charge is 2.22. The van der Waals surface area contributed by atoms with E-state index in [1.807, 2.05) is 6.92 Å². The number of ether oxygens (including phenoxy) is 1. The van der Waals surface area contributed by atoms with Gasteiger partial charge in [0.1, 0.15) is 5.82 Å². The van der Waals surface area contributed by atoms with Crippen molar-refractivity contribution in [3.05, 3.63) is 83.9 Å². The van der Waals surface area contributed by atoms with Gasteiger partial charge >= 0.3 is 0 Å². The number of aromatic nitrogens is 5. The monoisotopic (exact) mass is 594 g/mol. The molecule has 13 nitrogen and oxygen atoms in total. The highest BCUT2D eigenvalue weighted by Crippen LogP contribution is 2.25. The van der Waals surface area contributed by atoms with Crippen molar-refractivity contribution in [2.75, 3.05) is 28.8 Å². The van der Waals surface area contributed by atoms with Crippen LogP contribution >= 0.6 is 0 Å². The van der Waals surface area contributed by atoms with Gasteiger partial charge in [-0.3, -0.25) is 4.79 Å². The molecule has 0 aliphatic heterocycles. The highest BCUT2D eigenvalue weighted by molar-refractivity contribution is 7.90. The Labute approximate surface area is 239 Å². The summed E-state index contributed by atoms with van der Waals surface area (Å²) in [7, 11) is -3.77. The molecule has 0 bridgehead atoms. The number of aryl methyl sites for hydroxylation is 1. The predicted molar refractivity (Wildman–Crippen MR) is 153 cm³/mol. The van der Waals surface area contributed by atoms with Crippen molar-refractivity contribution in [2.24, 2.45) is 0 Å². The molecule has 1 amide bonds. The van der Waals surface area contributed by atoms with E-state index in [0.717, 1.165) is 16.5 Å². The molecule has 15 heteroatoms. The van der Waals surface area contributed by atoms with Gasteiger partial charge in [0, 0.05) is 30.3 Å². The number of hydrogen-bond acceptors (Lipinski definition) is 10. The van der Waals surface area contributed by atoms with Crippen LogP contribution in [-0.2, 0) is 14.6 Å². The zero-order valence-electron chi connectivity index (χ0n) is 22.7. The Balaban J connectivity index is 1.35. The lowest BCUT2D eigenvalue weighted by atomic mass is 10.1. The van der Waals surface area contributed by atoms with Crippen molar-refractivity contribution in [1.82, 2.24) is 24.4 Å². The van der Waals surface area contributed by atoms with E-state index in [2.05, 4.69) is 31.1 Å². The standard InChI is InChI=1S/C27H27FN8O5S/c1-4-41-27(38)32-23-15-35-24(31-23)12-11-22(34-35)30-20-13-18(8-5-16(20)2)29-26(37)21-14-25(42(3,39)40)36(33-21)19-9-6-17(28)7-10-19/h5-15,27,32,38H,4H2,1-3H3,(H,29,37)(H,30,34). The van der Waals surface area contributed by atoms with Crippen LogP contribution in [0.2, 0.25) is 0 Å². The largest absolute Gasteiger partial charge is 0.351 e. The average Bonchev–Trinajstić information content (AvgIpc) is 3.55. The van der Waals surface area contributed by atoms with Gasteiger partial charge in [0.25, 0.3) is 5.91 Å². The maximum Gasteiger partial charge on any atom is 0.276 e. The Morgan fingerprint density at radius 1 is 1.07 bits per heavy atom. The van der Waals surface area contributed by atoms with E-state index in [0.29, 0.717) is 35.3 Å². The van der Waals surface area contributed by atoms with Crippen LogP contribution in [0.15, 0.2) is 71.9 Å². The summed E-state index contributed by atoms with van der Waals surface area (Å²) in [6.07, 6.45) is 1.40. The van der Waals surface area contributed by atoms with E-state index in [1.165, 1.54) is 34.8 Å². The number of imidazole rings is 1. The zero-order chi connectivity index (χ0) is 30.0. The van der Waals surface area contributed by atoms with Crippen molar-refractivity contribution in [2.45, 2.75) is 25.3 Å². The minimum atomic E-state index is -3.77. The van der Waals surface area contributed by atoms with Gasteiger partial charge in [-0.15, -0.1) is 5.10 Å². The first-order valence-electron chi connectivity index (χ1n) is 12.7. The summed E-state index contributed by atoms with van der Waals surface area (Å²) >= 11 is 0. The van der Waals surface area contributed by atoms with E-state index >= 15 is 0 Å². The SMILES string of the molecule is CCOC(O)Nc1cn2nc(Nc3cc(NC(=O)c4cc(S(C)(=O)=O)n(-c5ccc(F)cc5)n4)ccc3C)ccc2n1. The van der Waals surface area contributed by atoms with E-state index in [9.17, 15) is 22.7 Å². The number of carbonyl (C=O) groups excluding carboxylic acids is 1. The normalized spacial score (nSPS) is 12.3. The average molecular weight is 595 g/mol. The van der Waals surface area contributed by atoms with Crippen molar-refractivity contribution in [3.8, 4) is 5.69 Å². The Hall–Kier alpha value is -4.86. The summed E-state index contributed by atoms with van der Waals surface area (Å²) in [5.41, 5.74) is 2.62. The molecule has 0 saturated carbocycles. The second-order valence-electron chi connectivity index (χ2n) is 9.24. The van der Waals surface area contributed by atoms with Crippen LogP contribution in [0.1, 0.15) is 23.0 Å². The minimum Gasteiger partial charge on any atom is -0.351 e. The van der Waals surface area contributed by atoms with Gasteiger partial charge in [-0.25, -0.2) is 27.0 Å². The second kappa shape index (κ2) is 11.6. The molecule has 4 N–H and O–H groups in total. The molecule has 1 atom stereocenters. The predicted octanol–water partition coefficient (Wildman–Crippen LogP) is 3.49. The third-order valence-electron chi connectivity index (χ3n) is 6.03. The van der Waals surface area contributed by atoms with Crippen molar-refractivity contribution in [1.29, 1.82) is 0 Å². The lowest BCUT2D eigenvalue weighted by Crippen LogP contribution is -2.22. The lowest BCUT2D eigenvalue weighted by Gasteiger charge is -2.12. The first kappa shape index (κ1) is 28.7. The number of hydrogen-bond donors (Lipinski definition) is 4. The van der Waals surface area contributed by atoms with Crippen molar-refractivity contribution < 1.29 is 27.4 Å². The molecule has 0 saturated heterocycles. The van der Waals surface area contributed by atoms with Gasteiger partial charge in [0.05, 0.1) is 11.9 Å². The van der Waals surface area contributed by atoms with Crippen LogP contribution in [0.5, 0.6) is 0 Å². The molecule has 42 heavy (non-hydrogen) atoms. The van der Waals surface area contributed by atoms with Gasteiger partial charge < -0.3 is 25.8 Å². The fourth-order valence-electron chi connectivity index (χ4n) is 4.02. The number of sulfone groups is 1. The fourth-order valence-corrected chi connectivity index (χ4v) is 4.80. The van der Waals surface area contributed by atoms with Crippen LogP contribution in [-0.4, -0.2) is 63.1 Å². The van der Waals surface area contributed by atoms with Crippen LogP contribution in [0, 0.1) is 12.7 Å². The third kappa shape index (κ3) is 6.38. The van der Waals surface area contributed by atoms with Crippen LogP contribution in [0.25, 0.3) is 11.3 Å². The topological polar surface area (TPSA) is 165 Å². The Morgan fingerprint density at radius 3 is 2.55 bits per heavy atom. The Morgan fingerprint density at radius 2 is 1.83 bits per heavy atom. The van der Waals surface area contributed by atoms with Gasteiger partial charge in [-0.05, 0) is 67.9 Å². The molecule has 1 unspecified atom stereocenters.